The van der Waals surface area contributed by atoms with E-state index in [2.05, 4.69) is 36.8 Å². The number of amides is 5. The molecule has 0 bridgehead atoms. The van der Waals surface area contributed by atoms with Crippen molar-refractivity contribution in [2.45, 2.75) is 37.7 Å². The van der Waals surface area contributed by atoms with Crippen LogP contribution in [0.25, 0.3) is 0 Å². The number of carbonyl (C=O) groups excluding carboxylic acids is 5. The molecule has 1 N–H and O–H groups in total. The number of hydrogen-bond acceptors (Lipinski definition) is 7. The molecule has 0 spiro atoms. The van der Waals surface area contributed by atoms with E-state index in [1.807, 2.05) is 44.1 Å². The first kappa shape index (κ1) is 32.1. The van der Waals surface area contributed by atoms with Gasteiger partial charge in [-0.05, 0) is 5.31 Å². The van der Waals surface area contributed by atoms with E-state index in [4.69, 9.17) is 15.1 Å². The Balaban J connectivity index is 2.16. The predicted molar refractivity (Wildman–Crippen MR) is 165 cm³/mol. The number of rotatable bonds is 11. The lowest BCUT2D eigenvalue weighted by Gasteiger charge is -2.30. The molecule has 2 saturated heterocycles. The fourth-order valence-corrected chi connectivity index (χ4v) is 8.39. The van der Waals surface area contributed by atoms with Gasteiger partial charge in [-0.25, -0.2) is 0 Å². The van der Waals surface area contributed by atoms with Crippen LogP contribution < -0.4 is 10.4 Å². The monoisotopic (exact) mass is 871 g/mol. The van der Waals surface area contributed by atoms with Crippen molar-refractivity contribution in [2.75, 3.05) is 20.0 Å². The highest BCUT2D eigenvalue weighted by Gasteiger charge is 2.43. The molecular weight excluding hydrogens is 850 g/mol. The molecule has 2 rings (SSSR count). The van der Waals surface area contributed by atoms with Crippen LogP contribution in [-0.4, -0.2) is 89.3 Å². The SMILES string of the molecule is [B]P(I)C(CC(=O)N(CNCN1C(=O)CC(B(P)I)C1=O)CN1C(=O)CC(P([B])I)C1=O)=C(C)[O-]. The number of imide groups is 2. The van der Waals surface area contributed by atoms with Crippen LogP contribution in [0, 0.1) is 0 Å². The summed E-state index contributed by atoms with van der Waals surface area (Å²) >= 11 is 5.90. The minimum atomic E-state index is -1.35. The van der Waals surface area contributed by atoms with Gasteiger partial charge < -0.3 is 10.0 Å². The highest BCUT2D eigenvalue weighted by atomic mass is 127. The summed E-state index contributed by atoms with van der Waals surface area (Å²) in [6.07, 6.45) is -0.203. The minimum Gasteiger partial charge on any atom is -0.875 e. The van der Waals surface area contributed by atoms with Crippen molar-refractivity contribution < 1.29 is 29.1 Å². The highest BCUT2D eigenvalue weighted by Crippen LogP contribution is 2.51. The maximum atomic E-state index is 13.1. The van der Waals surface area contributed by atoms with Crippen LogP contribution in [0.3, 0.4) is 0 Å². The van der Waals surface area contributed by atoms with Crippen LogP contribution in [0.4, 0.5) is 0 Å². The summed E-state index contributed by atoms with van der Waals surface area (Å²) in [7, 11) is 14.3. The van der Waals surface area contributed by atoms with E-state index in [0.717, 1.165) is 9.80 Å². The average Bonchev–Trinajstić information content (AvgIpc) is 3.20. The lowest BCUT2D eigenvalue weighted by molar-refractivity contribution is -0.302. The fraction of sp³-hybridized carbons (Fsp3) is 0.562. The molecule has 35 heavy (non-hydrogen) atoms. The Kier molecular flexibility index (Phi) is 13.2. The molecule has 0 aromatic carbocycles. The van der Waals surface area contributed by atoms with Gasteiger partial charge in [0.2, 0.25) is 29.5 Å². The second-order valence-corrected chi connectivity index (χ2v) is 20.2. The van der Waals surface area contributed by atoms with Gasteiger partial charge >= 0.3 is 0 Å². The highest BCUT2D eigenvalue weighted by molar-refractivity contribution is 14.2. The third-order valence-electron chi connectivity index (χ3n) is 5.40. The lowest BCUT2D eigenvalue weighted by Crippen LogP contribution is -2.50. The normalized spacial score (nSPS) is 23.0. The first-order chi connectivity index (χ1) is 16.3. The lowest BCUT2D eigenvalue weighted by atomic mass is 9.84. The zero-order valence-electron chi connectivity index (χ0n) is 18.5. The molecule has 0 saturated carbocycles. The van der Waals surface area contributed by atoms with E-state index >= 15 is 0 Å². The van der Waals surface area contributed by atoms with Crippen molar-refractivity contribution in [3.05, 3.63) is 11.1 Å². The maximum absolute atomic E-state index is 13.1. The van der Waals surface area contributed by atoms with E-state index in [1.165, 1.54) is 11.8 Å². The summed E-state index contributed by atoms with van der Waals surface area (Å²) in [5.41, 5.74) is -3.18. The van der Waals surface area contributed by atoms with Crippen molar-refractivity contribution in [1.82, 2.24) is 20.0 Å². The van der Waals surface area contributed by atoms with Crippen LogP contribution in [0.1, 0.15) is 26.2 Å². The smallest absolute Gasteiger partial charge is 0.252 e. The van der Waals surface area contributed by atoms with Crippen LogP contribution in [0.5, 0.6) is 0 Å². The molecule has 2 aliphatic heterocycles. The number of nitrogens with zero attached hydrogens (tertiary/aromatic N) is 3. The van der Waals surface area contributed by atoms with Crippen molar-refractivity contribution in [2.24, 2.45) is 0 Å². The number of nitrogens with one attached hydrogen (secondary N) is 1. The molecule has 4 radical (unpaired) electrons. The molecule has 2 aliphatic rings. The standard InChI is InChI=1S/C16H21B3I3N4O6P3/c1-8(27)10(34(17)21)3-12(28)24(7-26-14(30)4-11(16(26)32)35(18)22)5-23-6-25-13(29)2-9(15(25)31)19(20)33/h9,11,23,27H,2-7,33H2,1H3/p-1. The summed E-state index contributed by atoms with van der Waals surface area (Å²) in [5, 5.41) is 15.1. The summed E-state index contributed by atoms with van der Waals surface area (Å²) in [5.74, 6) is -2.82. The molecule has 2 heterocycles. The van der Waals surface area contributed by atoms with Crippen molar-refractivity contribution in [3.8, 4) is 0 Å². The Morgan fingerprint density at radius 1 is 1.20 bits per heavy atom. The van der Waals surface area contributed by atoms with Crippen LogP contribution in [0.2, 0.25) is 5.82 Å². The number of hydrogen-bond donors (Lipinski definition) is 1. The number of carbonyl (C=O) groups is 5. The Morgan fingerprint density at radius 2 is 1.80 bits per heavy atom. The third kappa shape index (κ3) is 8.45. The molecule has 5 unspecified atom stereocenters. The fourth-order valence-electron chi connectivity index (χ4n) is 3.42. The van der Waals surface area contributed by atoms with Crippen molar-refractivity contribution >= 4 is 135 Å². The summed E-state index contributed by atoms with van der Waals surface area (Å²) < 4.78 is -0.0989. The van der Waals surface area contributed by atoms with Gasteiger partial charge in [0.1, 0.15) is 21.8 Å². The second kappa shape index (κ2) is 14.3. The van der Waals surface area contributed by atoms with E-state index in [9.17, 15) is 29.1 Å². The number of likely N-dealkylation sites (tertiary alicyclic amines) is 2. The van der Waals surface area contributed by atoms with Gasteiger partial charge in [-0.2, -0.15) is 9.12 Å². The Bertz CT molecular complexity index is 928. The van der Waals surface area contributed by atoms with Crippen LogP contribution in [-0.2, 0) is 24.0 Å². The van der Waals surface area contributed by atoms with E-state index in [-0.39, 0.29) is 66.4 Å². The van der Waals surface area contributed by atoms with Gasteiger partial charge in [0, 0.05) is 18.7 Å². The van der Waals surface area contributed by atoms with E-state index < -0.39 is 40.1 Å². The molecule has 0 aliphatic carbocycles. The van der Waals surface area contributed by atoms with Crippen molar-refractivity contribution in [3.63, 3.8) is 0 Å². The molecule has 5 amide bonds. The van der Waals surface area contributed by atoms with Gasteiger partial charge in [-0.1, -0.05) is 61.9 Å². The summed E-state index contributed by atoms with van der Waals surface area (Å²) in [6, 6.07) is 0. The Hall–Kier alpha value is 0.925. The van der Waals surface area contributed by atoms with Gasteiger partial charge in [-0.15, -0.1) is 28.1 Å². The van der Waals surface area contributed by atoms with Crippen LogP contribution in [0.15, 0.2) is 11.1 Å². The molecule has 19 heteroatoms. The predicted octanol–water partition coefficient (Wildman–Crippen LogP) is 1.14. The largest absolute Gasteiger partial charge is 0.875 e. The van der Waals surface area contributed by atoms with Gasteiger partial charge in [0.25, 0.3) is 4.29 Å². The molecule has 10 nitrogen and oxygen atoms in total. The third-order valence-corrected chi connectivity index (χ3v) is 12.5. The summed E-state index contributed by atoms with van der Waals surface area (Å²) in [6.45, 7) is 0.660. The first-order valence-electron chi connectivity index (χ1n) is 10.1. The number of halogens is 3. The Morgan fingerprint density at radius 3 is 2.26 bits per heavy atom. The molecule has 2 fully saturated rings. The van der Waals surface area contributed by atoms with Gasteiger partial charge in [0.15, 0.2) is 0 Å². The first-order valence-corrected chi connectivity index (χ1v) is 20.5. The molecular formula is C16H20B3I3N4O6P3-. The molecule has 0 aromatic heterocycles. The quantitative estimate of drug-likeness (QED) is 0.0825. The van der Waals surface area contributed by atoms with E-state index in [1.54, 1.807) is 0 Å². The van der Waals surface area contributed by atoms with Crippen molar-refractivity contribution in [1.29, 1.82) is 0 Å². The number of allylic oxidation sites excluding steroid dienone is 1. The average molecular weight is 870 g/mol. The minimum absolute atomic E-state index is 0.0310. The zero-order valence-corrected chi connectivity index (χ0v) is 27.9. The maximum Gasteiger partial charge on any atom is 0.252 e. The van der Waals surface area contributed by atoms with Gasteiger partial charge in [-0.3, -0.25) is 39.1 Å². The second-order valence-electron chi connectivity index (χ2n) is 7.77. The topological polar surface area (TPSA) is 130 Å². The molecule has 0 aromatic rings. The zero-order chi connectivity index (χ0) is 26.6. The molecule has 5 atom stereocenters. The van der Waals surface area contributed by atoms with Gasteiger partial charge in [0.05, 0.1) is 25.4 Å². The van der Waals surface area contributed by atoms with Crippen LogP contribution >= 0.6 is 86.5 Å². The summed E-state index contributed by atoms with van der Waals surface area (Å²) in [4.78, 5) is 66.4. The Labute approximate surface area is 250 Å². The van der Waals surface area contributed by atoms with E-state index in [0.29, 0.717) is 0 Å². The molecule has 186 valence electrons.